The van der Waals surface area contributed by atoms with Crippen LogP contribution in [0.1, 0.15) is 11.1 Å². The van der Waals surface area contributed by atoms with Crippen molar-refractivity contribution in [1.29, 1.82) is 0 Å². The molecule has 3 aromatic carbocycles. The van der Waals surface area contributed by atoms with Gasteiger partial charge >= 0.3 is 0 Å². The Hall–Kier alpha value is -3.43. The van der Waals surface area contributed by atoms with Gasteiger partial charge in [0.2, 0.25) is 10.0 Å². The maximum Gasteiger partial charge on any atom is 0.262 e. The molecule has 1 N–H and O–H groups in total. The topological polar surface area (TPSA) is 84.9 Å². The fourth-order valence-electron chi connectivity index (χ4n) is 3.61. The minimum atomic E-state index is -3.75. The summed E-state index contributed by atoms with van der Waals surface area (Å²) in [5.74, 6) is 0.303. The third kappa shape index (κ3) is 5.32. The summed E-state index contributed by atoms with van der Waals surface area (Å²) < 4.78 is 51.1. The van der Waals surface area contributed by atoms with Gasteiger partial charge in [0.15, 0.2) is 6.61 Å². The number of benzene rings is 3. The standard InChI is InChI=1S/C24H23FN2O5S/c1-31-21-3-2-4-22(14-21)32-16-24(28)26-20-8-5-17-11-12-27(15-18(17)13-20)33(29,30)23-9-6-19(25)7-10-23/h2-10,13-14H,11-12,15-16H2,1H3,(H,26,28). The average molecular weight is 471 g/mol. The molecule has 0 radical (unpaired) electrons. The van der Waals surface area contributed by atoms with E-state index in [-0.39, 0.29) is 24.0 Å². The predicted octanol–water partition coefficient (Wildman–Crippen LogP) is 3.60. The first-order valence-corrected chi connectivity index (χ1v) is 11.7. The van der Waals surface area contributed by atoms with Crippen molar-refractivity contribution < 1.29 is 27.1 Å². The molecule has 0 spiro atoms. The van der Waals surface area contributed by atoms with Crippen LogP contribution in [0.15, 0.2) is 71.6 Å². The molecule has 0 saturated carbocycles. The Kier molecular flexibility index (Phi) is 6.62. The van der Waals surface area contributed by atoms with Crippen LogP contribution in [0.2, 0.25) is 0 Å². The Morgan fingerprint density at radius 3 is 2.55 bits per heavy atom. The molecular formula is C24H23FN2O5S. The number of hydrogen-bond acceptors (Lipinski definition) is 5. The van der Waals surface area contributed by atoms with E-state index < -0.39 is 15.8 Å². The molecular weight excluding hydrogens is 447 g/mol. The monoisotopic (exact) mass is 470 g/mol. The summed E-state index contributed by atoms with van der Waals surface area (Å²) >= 11 is 0. The average Bonchev–Trinajstić information content (AvgIpc) is 2.82. The van der Waals surface area contributed by atoms with Crippen molar-refractivity contribution in [2.75, 3.05) is 25.6 Å². The Morgan fingerprint density at radius 1 is 1.03 bits per heavy atom. The van der Waals surface area contributed by atoms with Crippen molar-refractivity contribution in [2.24, 2.45) is 0 Å². The fourth-order valence-corrected chi connectivity index (χ4v) is 5.03. The van der Waals surface area contributed by atoms with Crippen LogP contribution in [-0.2, 0) is 27.8 Å². The Labute approximate surface area is 191 Å². The van der Waals surface area contributed by atoms with Gasteiger partial charge in [-0.15, -0.1) is 0 Å². The molecule has 0 atom stereocenters. The van der Waals surface area contributed by atoms with Crippen LogP contribution in [0, 0.1) is 5.82 Å². The second kappa shape index (κ2) is 9.60. The van der Waals surface area contributed by atoms with Crippen LogP contribution in [0.5, 0.6) is 11.5 Å². The summed E-state index contributed by atoms with van der Waals surface area (Å²) in [5, 5.41) is 2.78. The number of fused-ring (bicyclic) bond motifs is 1. The van der Waals surface area contributed by atoms with Gasteiger partial charge in [0.1, 0.15) is 17.3 Å². The van der Waals surface area contributed by atoms with E-state index in [4.69, 9.17) is 9.47 Å². The Morgan fingerprint density at radius 2 is 1.79 bits per heavy atom. The van der Waals surface area contributed by atoms with Crippen molar-refractivity contribution >= 4 is 21.6 Å². The van der Waals surface area contributed by atoms with Gasteiger partial charge in [-0.1, -0.05) is 12.1 Å². The Bertz CT molecular complexity index is 1260. The molecule has 1 aliphatic rings. The molecule has 9 heteroatoms. The van der Waals surface area contributed by atoms with Gasteiger partial charge in [-0.3, -0.25) is 4.79 Å². The number of rotatable bonds is 7. The number of amides is 1. The second-order valence-electron chi connectivity index (χ2n) is 7.54. The third-order valence-corrected chi connectivity index (χ3v) is 7.19. The molecule has 0 aliphatic carbocycles. The lowest BCUT2D eigenvalue weighted by Crippen LogP contribution is -2.36. The zero-order chi connectivity index (χ0) is 23.4. The molecule has 3 aromatic rings. The number of halogens is 1. The van der Waals surface area contributed by atoms with Gasteiger partial charge in [0, 0.05) is 24.8 Å². The van der Waals surface area contributed by atoms with Crippen LogP contribution < -0.4 is 14.8 Å². The molecule has 172 valence electrons. The van der Waals surface area contributed by atoms with Gasteiger partial charge < -0.3 is 14.8 Å². The number of carbonyl (C=O) groups is 1. The largest absolute Gasteiger partial charge is 0.497 e. The minimum Gasteiger partial charge on any atom is -0.497 e. The van der Waals surface area contributed by atoms with Crippen LogP contribution >= 0.6 is 0 Å². The zero-order valence-corrected chi connectivity index (χ0v) is 18.8. The second-order valence-corrected chi connectivity index (χ2v) is 9.48. The predicted molar refractivity (Wildman–Crippen MR) is 121 cm³/mol. The van der Waals surface area contributed by atoms with Crippen LogP contribution in [0.4, 0.5) is 10.1 Å². The molecule has 1 heterocycles. The maximum absolute atomic E-state index is 13.2. The first-order chi connectivity index (χ1) is 15.8. The molecule has 0 unspecified atom stereocenters. The summed E-state index contributed by atoms with van der Waals surface area (Å²) in [4.78, 5) is 12.4. The molecule has 4 rings (SSSR count). The number of hydrogen-bond donors (Lipinski definition) is 1. The third-order valence-electron chi connectivity index (χ3n) is 5.33. The number of sulfonamides is 1. The molecule has 0 fully saturated rings. The number of ether oxygens (including phenoxy) is 2. The number of methoxy groups -OCH3 is 1. The van der Waals surface area contributed by atoms with Crippen LogP contribution in [-0.4, -0.2) is 38.9 Å². The van der Waals surface area contributed by atoms with Gasteiger partial charge in [0.05, 0.1) is 12.0 Å². The van der Waals surface area contributed by atoms with E-state index in [1.165, 1.54) is 16.4 Å². The number of carbonyl (C=O) groups excluding carboxylic acids is 1. The quantitative estimate of drug-likeness (QED) is 0.570. The van der Waals surface area contributed by atoms with Crippen molar-refractivity contribution in [3.63, 3.8) is 0 Å². The smallest absolute Gasteiger partial charge is 0.262 e. The van der Waals surface area contributed by atoms with E-state index in [0.29, 0.717) is 30.2 Å². The molecule has 1 aliphatic heterocycles. The van der Waals surface area contributed by atoms with E-state index in [0.717, 1.165) is 23.3 Å². The minimum absolute atomic E-state index is 0.0477. The van der Waals surface area contributed by atoms with E-state index >= 15 is 0 Å². The highest BCUT2D eigenvalue weighted by Crippen LogP contribution is 2.27. The highest BCUT2D eigenvalue weighted by Gasteiger charge is 2.28. The summed E-state index contributed by atoms with van der Waals surface area (Å²) in [7, 11) is -2.20. The lowest BCUT2D eigenvalue weighted by atomic mass is 10.0. The Balaban J connectivity index is 1.42. The molecule has 1 amide bonds. The first-order valence-electron chi connectivity index (χ1n) is 10.3. The SMILES string of the molecule is COc1cccc(OCC(=O)Nc2ccc3c(c2)CN(S(=O)(=O)c2ccc(F)cc2)CC3)c1. The van der Waals surface area contributed by atoms with Crippen molar-refractivity contribution in [3.8, 4) is 11.5 Å². The molecule has 0 bridgehead atoms. The van der Waals surface area contributed by atoms with E-state index in [1.54, 1.807) is 43.5 Å². The van der Waals surface area contributed by atoms with E-state index in [9.17, 15) is 17.6 Å². The van der Waals surface area contributed by atoms with Crippen LogP contribution in [0.3, 0.4) is 0 Å². The van der Waals surface area contributed by atoms with E-state index in [2.05, 4.69) is 5.32 Å². The highest BCUT2D eigenvalue weighted by molar-refractivity contribution is 7.89. The van der Waals surface area contributed by atoms with Crippen molar-refractivity contribution in [1.82, 2.24) is 4.31 Å². The summed E-state index contributed by atoms with van der Waals surface area (Å²) in [6, 6.07) is 17.2. The van der Waals surface area contributed by atoms with Gasteiger partial charge in [0.25, 0.3) is 5.91 Å². The van der Waals surface area contributed by atoms with Gasteiger partial charge in [-0.05, 0) is 66.1 Å². The maximum atomic E-state index is 13.2. The lowest BCUT2D eigenvalue weighted by Gasteiger charge is -2.28. The molecule has 0 saturated heterocycles. The molecule has 33 heavy (non-hydrogen) atoms. The number of anilines is 1. The normalized spacial score (nSPS) is 13.8. The number of nitrogens with one attached hydrogen (secondary N) is 1. The van der Waals surface area contributed by atoms with Gasteiger partial charge in [-0.25, -0.2) is 12.8 Å². The molecule has 0 aromatic heterocycles. The lowest BCUT2D eigenvalue weighted by molar-refractivity contribution is -0.118. The first kappa shape index (κ1) is 22.8. The fraction of sp³-hybridized carbons (Fsp3) is 0.208. The summed E-state index contributed by atoms with van der Waals surface area (Å²) in [5.41, 5.74) is 2.37. The zero-order valence-electron chi connectivity index (χ0n) is 18.0. The number of nitrogens with zero attached hydrogens (tertiary/aromatic N) is 1. The van der Waals surface area contributed by atoms with Gasteiger partial charge in [-0.2, -0.15) is 4.31 Å². The van der Waals surface area contributed by atoms with Crippen molar-refractivity contribution in [2.45, 2.75) is 17.9 Å². The van der Waals surface area contributed by atoms with E-state index in [1.807, 2.05) is 6.07 Å². The van der Waals surface area contributed by atoms with Crippen molar-refractivity contribution in [3.05, 3.63) is 83.7 Å². The highest BCUT2D eigenvalue weighted by atomic mass is 32.2. The van der Waals surface area contributed by atoms with Crippen LogP contribution in [0.25, 0.3) is 0 Å². The summed E-state index contributed by atoms with van der Waals surface area (Å²) in [6.07, 6.45) is 0.545. The summed E-state index contributed by atoms with van der Waals surface area (Å²) in [6.45, 7) is 0.307. The molecule has 7 nitrogen and oxygen atoms in total.